The summed E-state index contributed by atoms with van der Waals surface area (Å²) in [4.78, 5) is 0. The van der Waals surface area contributed by atoms with Crippen LogP contribution in [0.25, 0.3) is 5.57 Å². The smallest absolute Gasteiger partial charge is 0.0207 e. The van der Waals surface area contributed by atoms with Gasteiger partial charge in [0.05, 0.1) is 0 Å². The van der Waals surface area contributed by atoms with Gasteiger partial charge < -0.3 is 0 Å². The molecule has 0 radical (unpaired) electrons. The zero-order valence-corrected chi connectivity index (χ0v) is 10.0. The lowest BCUT2D eigenvalue weighted by Gasteiger charge is -2.27. The van der Waals surface area contributed by atoms with Crippen molar-refractivity contribution in [3.8, 4) is 0 Å². The maximum Gasteiger partial charge on any atom is 0.0207 e. The van der Waals surface area contributed by atoms with Crippen LogP contribution in [0.1, 0.15) is 12.5 Å². The van der Waals surface area contributed by atoms with Gasteiger partial charge in [0.2, 0.25) is 0 Å². The molecule has 0 nitrogen and oxygen atoms in total. The van der Waals surface area contributed by atoms with Crippen LogP contribution in [0.15, 0.2) is 72.4 Å². The van der Waals surface area contributed by atoms with Crippen LogP contribution in [0.5, 0.6) is 0 Å². The first kappa shape index (κ1) is 10.3. The second-order valence-corrected chi connectivity index (χ2v) is 4.67. The van der Waals surface area contributed by atoms with Crippen molar-refractivity contribution >= 4 is 5.57 Å². The topological polar surface area (TPSA) is 0 Å². The predicted molar refractivity (Wildman–Crippen MR) is 73.4 cm³/mol. The molecule has 1 aromatic carbocycles. The summed E-state index contributed by atoms with van der Waals surface area (Å²) in [5.41, 5.74) is 4.30. The van der Waals surface area contributed by atoms with Crippen molar-refractivity contribution in [3.63, 3.8) is 0 Å². The van der Waals surface area contributed by atoms with Crippen molar-refractivity contribution < 1.29 is 0 Å². The Balaban J connectivity index is 2.16. The Morgan fingerprint density at radius 3 is 2.18 bits per heavy atom. The zero-order chi connectivity index (χ0) is 11.7. The Kier molecular flexibility index (Phi) is 2.56. The van der Waals surface area contributed by atoms with Crippen LogP contribution in [0.2, 0.25) is 0 Å². The molecule has 0 N–H and O–H groups in total. The molecule has 0 saturated carbocycles. The Bertz CT molecular complexity index is 526. The molecule has 0 heterocycles. The molecule has 0 heteroatoms. The Morgan fingerprint density at radius 1 is 0.765 bits per heavy atom. The summed E-state index contributed by atoms with van der Waals surface area (Å²) >= 11 is 0. The van der Waals surface area contributed by atoms with E-state index in [-0.39, 0.29) is 0 Å². The van der Waals surface area contributed by atoms with E-state index < -0.39 is 0 Å². The second-order valence-electron chi connectivity index (χ2n) is 4.67. The first-order chi connectivity index (χ1) is 8.36. The Hall–Kier alpha value is -1.82. The summed E-state index contributed by atoms with van der Waals surface area (Å²) in [6.07, 6.45) is 13.5. The summed E-state index contributed by atoms with van der Waals surface area (Å²) < 4.78 is 0. The number of rotatable bonds is 1. The van der Waals surface area contributed by atoms with E-state index in [4.69, 9.17) is 0 Å². The molecule has 1 aromatic rings. The maximum atomic E-state index is 2.32. The molecular formula is C17H16. The van der Waals surface area contributed by atoms with Crippen molar-refractivity contribution in [2.75, 3.05) is 0 Å². The number of hydrogen-bond acceptors (Lipinski definition) is 0. The van der Waals surface area contributed by atoms with Crippen molar-refractivity contribution in [1.82, 2.24) is 0 Å². The van der Waals surface area contributed by atoms with E-state index in [1.54, 1.807) is 0 Å². The van der Waals surface area contributed by atoms with Crippen LogP contribution in [-0.2, 0) is 0 Å². The number of allylic oxidation sites excluding steroid dienone is 8. The van der Waals surface area contributed by atoms with E-state index >= 15 is 0 Å². The van der Waals surface area contributed by atoms with Crippen LogP contribution in [0.3, 0.4) is 0 Å². The van der Waals surface area contributed by atoms with E-state index in [2.05, 4.69) is 73.7 Å². The number of fused-ring (bicyclic) bond motifs is 1. The molecule has 0 amide bonds. The van der Waals surface area contributed by atoms with E-state index in [1.807, 2.05) is 0 Å². The second kappa shape index (κ2) is 4.21. The molecular weight excluding hydrogens is 204 g/mol. The highest BCUT2D eigenvalue weighted by Gasteiger charge is 2.21. The molecule has 0 saturated heterocycles. The van der Waals surface area contributed by atoms with Gasteiger partial charge in [-0.3, -0.25) is 0 Å². The van der Waals surface area contributed by atoms with E-state index in [0.717, 1.165) is 0 Å². The third-order valence-electron chi connectivity index (χ3n) is 3.62. The van der Waals surface area contributed by atoms with Gasteiger partial charge in [-0.25, -0.2) is 0 Å². The summed E-state index contributed by atoms with van der Waals surface area (Å²) in [5, 5.41) is 0. The van der Waals surface area contributed by atoms with Crippen molar-refractivity contribution in [2.45, 2.75) is 6.92 Å². The summed E-state index contributed by atoms with van der Waals surface area (Å²) in [6, 6.07) is 10.7. The molecule has 2 unspecified atom stereocenters. The predicted octanol–water partition coefficient (Wildman–Crippen LogP) is 4.39. The summed E-state index contributed by atoms with van der Waals surface area (Å²) in [7, 11) is 0. The van der Waals surface area contributed by atoms with Crippen LogP contribution < -0.4 is 0 Å². The average molecular weight is 220 g/mol. The van der Waals surface area contributed by atoms with E-state index in [1.165, 1.54) is 16.7 Å². The Labute approximate surface area is 103 Å². The zero-order valence-electron chi connectivity index (χ0n) is 10.0. The fourth-order valence-corrected chi connectivity index (χ4v) is 2.70. The first-order valence-electron chi connectivity index (χ1n) is 6.15. The van der Waals surface area contributed by atoms with Gasteiger partial charge >= 0.3 is 0 Å². The largest absolute Gasteiger partial charge is 0.0766 e. The molecule has 2 atom stereocenters. The molecule has 3 aliphatic rings. The fraction of sp³-hybridized carbons (Fsp3) is 0.176. The van der Waals surface area contributed by atoms with Crippen LogP contribution in [0, 0.1) is 11.8 Å². The molecule has 0 fully saturated rings. The molecule has 84 valence electrons. The maximum absolute atomic E-state index is 2.32. The highest BCUT2D eigenvalue weighted by molar-refractivity contribution is 5.75. The van der Waals surface area contributed by atoms with Gasteiger partial charge in [0.15, 0.2) is 0 Å². The van der Waals surface area contributed by atoms with E-state index in [9.17, 15) is 0 Å². The lowest BCUT2D eigenvalue weighted by Crippen LogP contribution is -2.11. The molecule has 4 rings (SSSR count). The third kappa shape index (κ3) is 1.80. The van der Waals surface area contributed by atoms with Gasteiger partial charge in [0, 0.05) is 11.8 Å². The normalized spacial score (nSPS) is 29.9. The Morgan fingerprint density at radius 2 is 1.41 bits per heavy atom. The molecule has 0 spiro atoms. The van der Waals surface area contributed by atoms with Crippen LogP contribution >= 0.6 is 0 Å². The van der Waals surface area contributed by atoms with Gasteiger partial charge in [-0.1, -0.05) is 72.4 Å². The monoisotopic (exact) mass is 220 g/mol. The van der Waals surface area contributed by atoms with Crippen LogP contribution in [0.4, 0.5) is 0 Å². The standard InChI is InChI=1S/C17H16/c1-13-14-7-5-6-10-16(12-11-14)17(13)15-8-3-2-4-9-15/h2-12,14,16H,1H3/b7-5-,10-6-. The van der Waals surface area contributed by atoms with E-state index in [0.29, 0.717) is 11.8 Å². The molecule has 0 aliphatic heterocycles. The highest BCUT2D eigenvalue weighted by Crippen LogP contribution is 2.38. The highest BCUT2D eigenvalue weighted by atomic mass is 14.3. The van der Waals surface area contributed by atoms with Crippen molar-refractivity contribution in [1.29, 1.82) is 0 Å². The van der Waals surface area contributed by atoms with Crippen LogP contribution in [-0.4, -0.2) is 0 Å². The number of benzene rings is 1. The molecule has 3 aliphatic carbocycles. The number of hydrogen-bond donors (Lipinski definition) is 0. The minimum absolute atomic E-state index is 0.429. The fourth-order valence-electron chi connectivity index (χ4n) is 2.70. The summed E-state index contributed by atoms with van der Waals surface area (Å²) in [5.74, 6) is 0.894. The minimum Gasteiger partial charge on any atom is -0.0766 e. The third-order valence-corrected chi connectivity index (χ3v) is 3.62. The summed E-state index contributed by atoms with van der Waals surface area (Å²) in [6.45, 7) is 2.26. The van der Waals surface area contributed by atoms with Crippen molar-refractivity contribution in [2.24, 2.45) is 11.8 Å². The average Bonchev–Trinajstić information content (AvgIpc) is 2.32. The van der Waals surface area contributed by atoms with Gasteiger partial charge in [-0.15, -0.1) is 0 Å². The first-order valence-corrected chi connectivity index (χ1v) is 6.15. The molecule has 2 bridgehead atoms. The molecule has 0 aromatic heterocycles. The lowest BCUT2D eigenvalue weighted by molar-refractivity contribution is 0.882. The van der Waals surface area contributed by atoms with Gasteiger partial charge in [-0.2, -0.15) is 0 Å². The van der Waals surface area contributed by atoms with Gasteiger partial charge in [0.25, 0.3) is 0 Å². The van der Waals surface area contributed by atoms with Gasteiger partial charge in [-0.05, 0) is 18.1 Å². The lowest BCUT2D eigenvalue weighted by atomic mass is 9.78. The minimum atomic E-state index is 0.429. The van der Waals surface area contributed by atoms with Crippen molar-refractivity contribution in [3.05, 3.63) is 77.9 Å². The SMILES string of the molecule is CC1=C(c2ccccc2)C2C=CC1/C=C\C=C/2. The van der Waals surface area contributed by atoms with Gasteiger partial charge in [0.1, 0.15) is 0 Å². The quantitative estimate of drug-likeness (QED) is 0.616. The molecule has 17 heavy (non-hydrogen) atoms.